The average molecular weight is 280 g/mol. The van der Waals surface area contributed by atoms with E-state index in [9.17, 15) is 4.39 Å². The van der Waals surface area contributed by atoms with Gasteiger partial charge in [-0.3, -0.25) is 0 Å². The molecule has 4 nitrogen and oxygen atoms in total. The lowest BCUT2D eigenvalue weighted by molar-refractivity contribution is -0.0164. The van der Waals surface area contributed by atoms with Crippen molar-refractivity contribution >= 4 is 5.84 Å². The highest BCUT2D eigenvalue weighted by atomic mass is 19.1. The highest BCUT2D eigenvalue weighted by molar-refractivity contribution is 5.97. The van der Waals surface area contributed by atoms with E-state index in [1.165, 1.54) is 18.9 Å². The van der Waals surface area contributed by atoms with Gasteiger partial charge in [-0.2, -0.15) is 0 Å². The predicted octanol–water partition coefficient (Wildman–Crippen LogP) is 3.02. The van der Waals surface area contributed by atoms with Crippen molar-refractivity contribution < 1.29 is 14.3 Å². The van der Waals surface area contributed by atoms with Crippen LogP contribution in [-0.2, 0) is 11.3 Å². The summed E-state index contributed by atoms with van der Waals surface area (Å²) in [4.78, 5) is 0. The summed E-state index contributed by atoms with van der Waals surface area (Å²) in [6.07, 6.45) is 4.80. The Morgan fingerprint density at radius 1 is 1.45 bits per heavy atom. The van der Waals surface area contributed by atoms with Gasteiger partial charge in [0.25, 0.3) is 0 Å². The van der Waals surface area contributed by atoms with Gasteiger partial charge in [0.2, 0.25) is 0 Å². The molecule has 1 aliphatic rings. The van der Waals surface area contributed by atoms with Gasteiger partial charge < -0.3 is 15.7 Å². The lowest BCUT2D eigenvalue weighted by Crippen LogP contribution is -2.25. The van der Waals surface area contributed by atoms with E-state index in [4.69, 9.17) is 15.7 Å². The summed E-state index contributed by atoms with van der Waals surface area (Å²) in [5.41, 5.74) is 5.98. The Hall–Kier alpha value is -1.62. The van der Waals surface area contributed by atoms with Crippen LogP contribution in [0.3, 0.4) is 0 Å². The van der Waals surface area contributed by atoms with E-state index in [1.54, 1.807) is 12.1 Å². The molecule has 1 fully saturated rings. The molecular weight excluding hydrogens is 259 g/mol. The van der Waals surface area contributed by atoms with Crippen LogP contribution in [0.5, 0.6) is 0 Å². The second kappa shape index (κ2) is 6.70. The van der Waals surface area contributed by atoms with Crippen molar-refractivity contribution in [1.29, 1.82) is 0 Å². The smallest absolute Gasteiger partial charge is 0.173 e. The molecule has 3 N–H and O–H groups in total. The maximum absolute atomic E-state index is 14.2. The average Bonchev–Trinajstić information content (AvgIpc) is 2.47. The minimum atomic E-state index is -0.480. The van der Waals surface area contributed by atoms with Crippen LogP contribution in [0.4, 0.5) is 4.39 Å². The standard InChI is InChI=1S/C15H21FN2O2/c1-10-5-2-3-8-13(10)20-9-11-6-4-7-12(14(11)16)15(17)18-19/h4,6-7,10,13,19H,2-3,5,8-9H2,1H3,(H2,17,18). The van der Waals surface area contributed by atoms with Gasteiger partial charge in [0, 0.05) is 5.56 Å². The zero-order valence-electron chi connectivity index (χ0n) is 11.7. The number of benzene rings is 1. The minimum Gasteiger partial charge on any atom is -0.409 e. The number of hydrogen-bond donors (Lipinski definition) is 2. The molecule has 0 heterocycles. The Kier molecular flexibility index (Phi) is 4.95. The van der Waals surface area contributed by atoms with E-state index >= 15 is 0 Å². The molecule has 1 saturated carbocycles. The SMILES string of the molecule is CC1CCCCC1OCc1cccc(/C(N)=N/O)c1F. The van der Waals surface area contributed by atoms with Crippen molar-refractivity contribution in [3.05, 3.63) is 35.1 Å². The summed E-state index contributed by atoms with van der Waals surface area (Å²) in [5.74, 6) is -0.194. The molecule has 0 bridgehead atoms. The molecule has 2 atom stereocenters. The Bertz CT molecular complexity index is 491. The molecule has 1 aromatic rings. The van der Waals surface area contributed by atoms with Gasteiger partial charge in [-0.25, -0.2) is 4.39 Å². The van der Waals surface area contributed by atoms with E-state index in [0.29, 0.717) is 11.5 Å². The number of ether oxygens (including phenoxy) is 1. The number of halogens is 1. The molecule has 0 amide bonds. The van der Waals surface area contributed by atoms with Crippen LogP contribution >= 0.6 is 0 Å². The Balaban J connectivity index is 2.06. The van der Waals surface area contributed by atoms with Crippen LogP contribution in [0.15, 0.2) is 23.4 Å². The zero-order valence-corrected chi connectivity index (χ0v) is 11.7. The second-order valence-electron chi connectivity index (χ2n) is 5.38. The molecule has 2 rings (SSSR count). The molecule has 5 heteroatoms. The van der Waals surface area contributed by atoms with E-state index in [0.717, 1.165) is 12.8 Å². The first-order chi connectivity index (χ1) is 9.63. The lowest BCUT2D eigenvalue weighted by Gasteiger charge is -2.28. The Morgan fingerprint density at radius 3 is 2.90 bits per heavy atom. The maximum atomic E-state index is 14.2. The zero-order chi connectivity index (χ0) is 14.5. The fourth-order valence-corrected chi connectivity index (χ4v) is 2.67. The maximum Gasteiger partial charge on any atom is 0.173 e. The summed E-state index contributed by atoms with van der Waals surface area (Å²) in [6, 6.07) is 4.83. The lowest BCUT2D eigenvalue weighted by atomic mass is 9.88. The normalized spacial score (nSPS) is 23.8. The van der Waals surface area contributed by atoms with Gasteiger partial charge in [-0.05, 0) is 24.8 Å². The van der Waals surface area contributed by atoms with Gasteiger partial charge in [-0.15, -0.1) is 0 Å². The number of rotatable bonds is 4. The quantitative estimate of drug-likeness (QED) is 0.385. The minimum absolute atomic E-state index is 0.102. The number of nitrogens with zero attached hydrogens (tertiary/aromatic N) is 1. The predicted molar refractivity (Wildman–Crippen MR) is 75.1 cm³/mol. The van der Waals surface area contributed by atoms with Gasteiger partial charge in [0.15, 0.2) is 5.84 Å². The topological polar surface area (TPSA) is 67.8 Å². The largest absolute Gasteiger partial charge is 0.409 e. The monoisotopic (exact) mass is 280 g/mol. The van der Waals surface area contributed by atoms with E-state index in [2.05, 4.69) is 12.1 Å². The molecule has 20 heavy (non-hydrogen) atoms. The molecule has 0 aliphatic heterocycles. The number of amidine groups is 1. The van der Waals surface area contributed by atoms with Crippen LogP contribution in [0.25, 0.3) is 0 Å². The first kappa shape index (κ1) is 14.8. The summed E-state index contributed by atoms with van der Waals surface area (Å²) < 4.78 is 20.1. The molecule has 1 aromatic carbocycles. The second-order valence-corrected chi connectivity index (χ2v) is 5.38. The molecule has 0 spiro atoms. The summed E-state index contributed by atoms with van der Waals surface area (Å²) >= 11 is 0. The third kappa shape index (κ3) is 3.28. The van der Waals surface area contributed by atoms with Crippen molar-refractivity contribution in [3.8, 4) is 0 Å². The van der Waals surface area contributed by atoms with E-state index < -0.39 is 5.82 Å². The molecule has 0 saturated heterocycles. The Labute approximate surface area is 118 Å². The summed E-state index contributed by atoms with van der Waals surface area (Å²) in [7, 11) is 0. The third-order valence-corrected chi connectivity index (χ3v) is 3.95. The van der Waals surface area contributed by atoms with Crippen molar-refractivity contribution in [2.75, 3.05) is 0 Å². The van der Waals surface area contributed by atoms with Gasteiger partial charge in [0.05, 0.1) is 18.3 Å². The van der Waals surface area contributed by atoms with Gasteiger partial charge in [-0.1, -0.05) is 37.1 Å². The first-order valence-corrected chi connectivity index (χ1v) is 7.00. The van der Waals surface area contributed by atoms with Crippen LogP contribution in [0.2, 0.25) is 0 Å². The van der Waals surface area contributed by atoms with Crippen molar-refractivity contribution in [2.45, 2.75) is 45.3 Å². The van der Waals surface area contributed by atoms with Crippen LogP contribution in [-0.4, -0.2) is 17.1 Å². The van der Waals surface area contributed by atoms with Gasteiger partial charge in [0.1, 0.15) is 5.82 Å². The molecular formula is C15H21FN2O2. The third-order valence-electron chi connectivity index (χ3n) is 3.95. The van der Waals surface area contributed by atoms with Crippen molar-refractivity contribution in [1.82, 2.24) is 0 Å². The first-order valence-electron chi connectivity index (χ1n) is 7.00. The highest BCUT2D eigenvalue weighted by Gasteiger charge is 2.22. The van der Waals surface area contributed by atoms with E-state index in [1.807, 2.05) is 0 Å². The molecule has 0 radical (unpaired) electrons. The Morgan fingerprint density at radius 2 is 2.20 bits per heavy atom. The number of nitrogens with two attached hydrogens (primary N) is 1. The number of hydrogen-bond acceptors (Lipinski definition) is 3. The fourth-order valence-electron chi connectivity index (χ4n) is 2.67. The van der Waals surface area contributed by atoms with Crippen LogP contribution in [0, 0.1) is 11.7 Å². The van der Waals surface area contributed by atoms with Crippen molar-refractivity contribution in [2.24, 2.45) is 16.8 Å². The van der Waals surface area contributed by atoms with Crippen molar-refractivity contribution in [3.63, 3.8) is 0 Å². The summed E-state index contributed by atoms with van der Waals surface area (Å²) in [5, 5.41) is 11.5. The van der Waals surface area contributed by atoms with Crippen LogP contribution in [0.1, 0.15) is 43.7 Å². The summed E-state index contributed by atoms with van der Waals surface area (Å²) in [6.45, 7) is 2.39. The fraction of sp³-hybridized carbons (Fsp3) is 0.533. The number of oxime groups is 1. The molecule has 1 aliphatic carbocycles. The highest BCUT2D eigenvalue weighted by Crippen LogP contribution is 2.27. The molecule has 110 valence electrons. The van der Waals surface area contributed by atoms with Gasteiger partial charge >= 0.3 is 0 Å². The molecule has 2 unspecified atom stereocenters. The van der Waals surface area contributed by atoms with E-state index in [-0.39, 0.29) is 24.1 Å². The van der Waals surface area contributed by atoms with Crippen LogP contribution < -0.4 is 5.73 Å². The molecule has 0 aromatic heterocycles.